The lowest BCUT2D eigenvalue weighted by molar-refractivity contribution is -0.118. The minimum Gasteiger partial charge on any atom is -0.326 e. The molecule has 168 valence electrons. The molecule has 4 rings (SSSR count). The number of carbonyl (C=O) groups is 1. The van der Waals surface area contributed by atoms with E-state index in [2.05, 4.69) is 15.3 Å². The van der Waals surface area contributed by atoms with Crippen molar-refractivity contribution < 1.29 is 9.18 Å². The van der Waals surface area contributed by atoms with Gasteiger partial charge in [-0.05, 0) is 48.6 Å². The van der Waals surface area contributed by atoms with E-state index in [9.17, 15) is 14.0 Å². The Bertz CT molecular complexity index is 1160. The number of anilines is 1. The van der Waals surface area contributed by atoms with Gasteiger partial charge in [-0.1, -0.05) is 49.8 Å². The van der Waals surface area contributed by atoms with E-state index in [1.165, 1.54) is 29.9 Å². The van der Waals surface area contributed by atoms with Crippen LogP contribution in [0.4, 0.5) is 9.52 Å². The minimum absolute atomic E-state index is 0.0255. The van der Waals surface area contributed by atoms with E-state index in [1.54, 1.807) is 24.6 Å². The third kappa shape index (κ3) is 5.10. The van der Waals surface area contributed by atoms with Crippen LogP contribution in [0, 0.1) is 18.7 Å². The molecule has 0 spiro atoms. The summed E-state index contributed by atoms with van der Waals surface area (Å²) in [4.78, 5) is 33.7. The summed E-state index contributed by atoms with van der Waals surface area (Å²) in [7, 11) is 0. The lowest BCUT2D eigenvalue weighted by Crippen LogP contribution is -2.30. The maximum absolute atomic E-state index is 13.8. The Morgan fingerprint density at radius 3 is 2.78 bits per heavy atom. The molecule has 1 amide bonds. The largest absolute Gasteiger partial charge is 0.326 e. The average Bonchev–Trinajstić information content (AvgIpc) is 3.28. The van der Waals surface area contributed by atoms with Gasteiger partial charge in [0.05, 0.1) is 10.9 Å². The molecule has 2 N–H and O–H groups in total. The highest BCUT2D eigenvalue weighted by atomic mass is 35.5. The summed E-state index contributed by atoms with van der Waals surface area (Å²) >= 11 is 7.37. The molecule has 0 radical (unpaired) electrons. The van der Waals surface area contributed by atoms with Gasteiger partial charge in [0.25, 0.3) is 5.56 Å². The van der Waals surface area contributed by atoms with Gasteiger partial charge in [0, 0.05) is 22.8 Å². The first kappa shape index (κ1) is 22.7. The maximum atomic E-state index is 13.8. The van der Waals surface area contributed by atoms with Crippen LogP contribution in [-0.2, 0) is 4.79 Å². The van der Waals surface area contributed by atoms with Gasteiger partial charge in [-0.25, -0.2) is 9.37 Å². The normalized spacial score (nSPS) is 15.5. The molecule has 0 saturated heterocycles. The van der Waals surface area contributed by atoms with Crippen LogP contribution < -0.4 is 10.9 Å². The number of hydrogen-bond acceptors (Lipinski definition) is 4. The number of amides is 1. The summed E-state index contributed by atoms with van der Waals surface area (Å²) in [6.07, 6.45) is 7.76. The van der Waals surface area contributed by atoms with E-state index in [0.29, 0.717) is 39.9 Å². The fourth-order valence-electron chi connectivity index (χ4n) is 4.54. The van der Waals surface area contributed by atoms with E-state index in [4.69, 9.17) is 11.6 Å². The number of H-pyrrole nitrogens is 1. The molecule has 8 heteroatoms. The van der Waals surface area contributed by atoms with Gasteiger partial charge in [0.15, 0.2) is 5.13 Å². The Balaban J connectivity index is 1.80. The summed E-state index contributed by atoms with van der Waals surface area (Å²) in [5, 5.41) is 5.14. The van der Waals surface area contributed by atoms with E-state index in [1.807, 2.05) is 6.07 Å². The van der Waals surface area contributed by atoms with Crippen LogP contribution >= 0.6 is 22.9 Å². The number of aryl methyl sites for hydroxylation is 1. The molecule has 1 aromatic carbocycles. The zero-order valence-corrected chi connectivity index (χ0v) is 19.4. The van der Waals surface area contributed by atoms with E-state index in [0.717, 1.165) is 25.7 Å². The zero-order valence-electron chi connectivity index (χ0n) is 17.8. The van der Waals surface area contributed by atoms with Crippen molar-refractivity contribution in [1.29, 1.82) is 0 Å². The molecule has 1 aliphatic rings. The third-order valence-corrected chi connectivity index (χ3v) is 7.04. The van der Waals surface area contributed by atoms with Crippen LogP contribution in [0.2, 0.25) is 5.02 Å². The monoisotopic (exact) mass is 473 g/mol. The molecule has 1 fully saturated rings. The van der Waals surface area contributed by atoms with Crippen molar-refractivity contribution in [2.24, 2.45) is 5.92 Å². The Morgan fingerprint density at radius 2 is 2.09 bits per heavy atom. The van der Waals surface area contributed by atoms with Crippen molar-refractivity contribution in [3.8, 4) is 11.1 Å². The molecule has 0 bridgehead atoms. The van der Waals surface area contributed by atoms with Gasteiger partial charge in [-0.15, -0.1) is 11.3 Å². The molecule has 0 aliphatic heterocycles. The smallest absolute Gasteiger partial charge is 0.252 e. The molecule has 0 unspecified atom stereocenters. The second-order valence-electron chi connectivity index (χ2n) is 8.36. The van der Waals surface area contributed by atoms with Crippen molar-refractivity contribution in [2.75, 3.05) is 5.32 Å². The minimum atomic E-state index is -0.662. The van der Waals surface area contributed by atoms with Crippen molar-refractivity contribution in [2.45, 2.75) is 51.4 Å². The van der Waals surface area contributed by atoms with Crippen molar-refractivity contribution in [3.63, 3.8) is 0 Å². The first-order chi connectivity index (χ1) is 15.4. The number of benzene rings is 1. The number of aromatic nitrogens is 2. The molecule has 1 aliphatic carbocycles. The van der Waals surface area contributed by atoms with E-state index >= 15 is 0 Å². The predicted molar refractivity (Wildman–Crippen MR) is 127 cm³/mol. The van der Waals surface area contributed by atoms with E-state index in [-0.39, 0.29) is 16.5 Å². The van der Waals surface area contributed by atoms with Crippen LogP contribution in [0.1, 0.15) is 55.7 Å². The van der Waals surface area contributed by atoms with E-state index < -0.39 is 11.7 Å². The van der Waals surface area contributed by atoms with Crippen LogP contribution in [0.5, 0.6) is 0 Å². The number of carbonyl (C=O) groups excluding carboxylic acids is 1. The Kier molecular flexibility index (Phi) is 7.06. The fraction of sp³-hybridized carbons (Fsp3) is 0.375. The molecule has 1 atom stereocenters. The second-order valence-corrected chi connectivity index (χ2v) is 9.66. The van der Waals surface area contributed by atoms with Crippen LogP contribution in [-0.4, -0.2) is 15.9 Å². The van der Waals surface area contributed by atoms with Crippen LogP contribution in [0.3, 0.4) is 0 Å². The van der Waals surface area contributed by atoms with Crippen LogP contribution in [0.25, 0.3) is 11.1 Å². The molecule has 2 heterocycles. The van der Waals surface area contributed by atoms with Crippen molar-refractivity contribution >= 4 is 34.0 Å². The van der Waals surface area contributed by atoms with Gasteiger partial charge in [0.2, 0.25) is 5.91 Å². The Labute approximate surface area is 195 Å². The number of pyridine rings is 1. The third-order valence-electron chi connectivity index (χ3n) is 6.06. The van der Waals surface area contributed by atoms with Gasteiger partial charge < -0.3 is 10.3 Å². The number of nitrogens with one attached hydrogen (secondary N) is 2. The highest BCUT2D eigenvalue weighted by Crippen LogP contribution is 2.37. The number of rotatable bonds is 6. The zero-order chi connectivity index (χ0) is 22.7. The van der Waals surface area contributed by atoms with Crippen LogP contribution in [0.15, 0.2) is 40.6 Å². The fourth-order valence-corrected chi connectivity index (χ4v) is 5.25. The molecule has 5 nitrogen and oxygen atoms in total. The van der Waals surface area contributed by atoms with Gasteiger partial charge in [-0.2, -0.15) is 0 Å². The molecule has 1 saturated carbocycles. The topological polar surface area (TPSA) is 74.8 Å². The summed E-state index contributed by atoms with van der Waals surface area (Å²) in [6, 6.07) is 6.20. The predicted octanol–water partition coefficient (Wildman–Crippen LogP) is 6.29. The SMILES string of the molecule is Cc1cc(-c2ccc(F)c(Cl)c2)c([C@H](CC2CCCCC2)C(=O)Nc2nccs2)c(=O)[nH]1. The number of hydrogen-bond donors (Lipinski definition) is 2. The quantitative estimate of drug-likeness (QED) is 0.441. The van der Waals surface area contributed by atoms with Crippen molar-refractivity contribution in [3.05, 3.63) is 68.3 Å². The molecular weight excluding hydrogens is 449 g/mol. The maximum Gasteiger partial charge on any atom is 0.252 e. The summed E-state index contributed by atoms with van der Waals surface area (Å²) in [6.45, 7) is 1.78. The first-order valence-electron chi connectivity index (χ1n) is 10.8. The summed E-state index contributed by atoms with van der Waals surface area (Å²) in [5.41, 5.74) is 1.94. The summed E-state index contributed by atoms with van der Waals surface area (Å²) in [5.74, 6) is -1.08. The van der Waals surface area contributed by atoms with Gasteiger partial charge >= 0.3 is 0 Å². The van der Waals surface area contributed by atoms with Gasteiger partial charge in [0.1, 0.15) is 5.82 Å². The first-order valence-corrected chi connectivity index (χ1v) is 12.1. The highest BCUT2D eigenvalue weighted by Gasteiger charge is 2.31. The average molecular weight is 474 g/mol. The lowest BCUT2D eigenvalue weighted by Gasteiger charge is -2.27. The number of thiazole rings is 1. The second kappa shape index (κ2) is 9.96. The molecule has 2 aromatic heterocycles. The number of halogens is 2. The molecule has 32 heavy (non-hydrogen) atoms. The Morgan fingerprint density at radius 1 is 1.31 bits per heavy atom. The molecule has 3 aromatic rings. The molecular formula is C24H25ClFN3O2S. The highest BCUT2D eigenvalue weighted by molar-refractivity contribution is 7.13. The lowest BCUT2D eigenvalue weighted by atomic mass is 9.79. The number of nitrogens with zero attached hydrogens (tertiary/aromatic N) is 1. The standard InChI is InChI=1S/C24H25ClFN3O2S/c1-14-11-17(16-7-8-20(26)19(25)13-16)21(23(31)28-14)18(12-15-5-3-2-4-6-15)22(30)29-24-27-9-10-32-24/h7-11,13,15,18H,2-6,12H2,1H3,(H,28,31)(H,27,29,30)/t18-/m0/s1. The Hall–Kier alpha value is -2.51. The summed E-state index contributed by atoms with van der Waals surface area (Å²) < 4.78 is 13.8. The number of aromatic amines is 1. The van der Waals surface area contributed by atoms with Crippen molar-refractivity contribution in [1.82, 2.24) is 9.97 Å². The van der Waals surface area contributed by atoms with Gasteiger partial charge in [-0.3, -0.25) is 9.59 Å².